The third-order valence-electron chi connectivity index (χ3n) is 6.88. The van der Waals surface area contributed by atoms with Crippen molar-refractivity contribution in [3.05, 3.63) is 94.0 Å². The molecule has 4 nitrogen and oxygen atoms in total. The molecule has 0 aromatic heterocycles. The third-order valence-corrected chi connectivity index (χ3v) is 6.88. The maximum Gasteiger partial charge on any atom is 0.416 e. The maximum atomic E-state index is 13.6. The van der Waals surface area contributed by atoms with Gasteiger partial charge in [-0.15, -0.1) is 0 Å². The largest absolute Gasteiger partial charge is 0.467 e. The van der Waals surface area contributed by atoms with E-state index in [0.29, 0.717) is 18.7 Å². The monoisotopic (exact) mass is 466 g/mol. The van der Waals surface area contributed by atoms with Crippen LogP contribution in [0.4, 0.5) is 24.5 Å². The van der Waals surface area contributed by atoms with Gasteiger partial charge in [0.25, 0.3) is 0 Å². The van der Waals surface area contributed by atoms with Crippen LogP contribution in [0.15, 0.2) is 60.7 Å². The zero-order chi connectivity index (χ0) is 24.3. The summed E-state index contributed by atoms with van der Waals surface area (Å²) in [5.41, 5.74) is 4.60. The van der Waals surface area contributed by atoms with Gasteiger partial charge in [0.15, 0.2) is 5.54 Å². The topological polar surface area (TPSA) is 32.8 Å². The van der Waals surface area contributed by atoms with Crippen molar-refractivity contribution >= 4 is 17.3 Å². The Morgan fingerprint density at radius 3 is 2.06 bits per heavy atom. The van der Waals surface area contributed by atoms with E-state index in [0.717, 1.165) is 45.8 Å². The lowest BCUT2D eigenvalue weighted by Crippen LogP contribution is -2.56. The number of nitrogens with zero attached hydrogens (tertiary/aromatic N) is 2. The van der Waals surface area contributed by atoms with E-state index in [1.807, 2.05) is 36.9 Å². The van der Waals surface area contributed by atoms with E-state index in [-0.39, 0.29) is 6.54 Å². The first kappa shape index (κ1) is 22.3. The highest BCUT2D eigenvalue weighted by Gasteiger charge is 2.52. The molecule has 1 atom stereocenters. The SMILES string of the molecule is COC(=O)[C@]1(c2ccc(C(F)(F)F)cc2)CN2Cc3cc(C)ccc3N1Cc1cc(C)ccc12. The molecule has 5 rings (SSSR count). The van der Waals surface area contributed by atoms with Gasteiger partial charge in [0.1, 0.15) is 0 Å². The molecular formula is C27H25F3N2O2. The summed E-state index contributed by atoms with van der Waals surface area (Å²) in [6, 6.07) is 17.2. The average Bonchev–Trinajstić information content (AvgIpc) is 3.02. The fourth-order valence-electron chi connectivity index (χ4n) is 5.29. The van der Waals surface area contributed by atoms with Gasteiger partial charge in [-0.25, -0.2) is 4.79 Å². The molecule has 34 heavy (non-hydrogen) atoms. The fourth-order valence-corrected chi connectivity index (χ4v) is 5.29. The highest BCUT2D eigenvalue weighted by atomic mass is 19.4. The second kappa shape index (κ2) is 7.79. The molecule has 3 aromatic rings. The number of alkyl halides is 3. The molecule has 0 saturated heterocycles. The van der Waals surface area contributed by atoms with E-state index in [1.54, 1.807) is 0 Å². The summed E-state index contributed by atoms with van der Waals surface area (Å²) < 4.78 is 45.3. The number of benzene rings is 3. The van der Waals surface area contributed by atoms with Crippen LogP contribution in [0.2, 0.25) is 0 Å². The van der Waals surface area contributed by atoms with Crippen LogP contribution in [0.3, 0.4) is 0 Å². The first-order valence-corrected chi connectivity index (χ1v) is 11.1. The normalized spacial score (nSPS) is 19.2. The molecule has 0 amide bonds. The summed E-state index contributed by atoms with van der Waals surface area (Å²) in [5, 5.41) is 0. The molecule has 0 aliphatic carbocycles. The van der Waals surface area contributed by atoms with Crippen molar-refractivity contribution in [3.8, 4) is 0 Å². The number of aryl methyl sites for hydroxylation is 2. The Morgan fingerprint density at radius 2 is 1.47 bits per heavy atom. The van der Waals surface area contributed by atoms with E-state index in [9.17, 15) is 18.0 Å². The van der Waals surface area contributed by atoms with Gasteiger partial charge in [-0.3, -0.25) is 0 Å². The first-order valence-electron chi connectivity index (χ1n) is 11.1. The van der Waals surface area contributed by atoms with Crippen LogP contribution in [0.25, 0.3) is 0 Å². The number of rotatable bonds is 2. The van der Waals surface area contributed by atoms with Crippen molar-refractivity contribution in [2.75, 3.05) is 23.5 Å². The Hall–Kier alpha value is -3.48. The molecular weight excluding hydrogens is 441 g/mol. The summed E-state index contributed by atoms with van der Waals surface area (Å²) in [4.78, 5) is 17.8. The Bertz CT molecular complexity index is 1270. The number of hydrogen-bond acceptors (Lipinski definition) is 4. The Labute approximate surface area is 196 Å². The molecule has 0 N–H and O–H groups in total. The maximum absolute atomic E-state index is 13.6. The average molecular weight is 467 g/mol. The van der Waals surface area contributed by atoms with Crippen LogP contribution in [-0.4, -0.2) is 19.6 Å². The molecule has 3 aromatic carbocycles. The number of esters is 1. The summed E-state index contributed by atoms with van der Waals surface area (Å²) in [6.45, 7) is 5.27. The van der Waals surface area contributed by atoms with Gasteiger partial charge in [0, 0.05) is 24.5 Å². The van der Waals surface area contributed by atoms with Crippen molar-refractivity contribution < 1.29 is 22.7 Å². The van der Waals surface area contributed by atoms with Crippen LogP contribution < -0.4 is 9.80 Å². The molecule has 0 fully saturated rings. The zero-order valence-corrected chi connectivity index (χ0v) is 19.2. The van der Waals surface area contributed by atoms with Gasteiger partial charge in [0.2, 0.25) is 0 Å². The van der Waals surface area contributed by atoms with Gasteiger partial charge in [0.05, 0.1) is 19.2 Å². The van der Waals surface area contributed by atoms with E-state index in [2.05, 4.69) is 23.1 Å². The predicted molar refractivity (Wildman–Crippen MR) is 125 cm³/mol. The molecule has 2 aliphatic heterocycles. The predicted octanol–water partition coefficient (Wildman–Crippen LogP) is 5.73. The number of carbonyl (C=O) groups is 1. The Kier molecular flexibility index (Phi) is 5.11. The minimum Gasteiger partial charge on any atom is -0.467 e. The van der Waals surface area contributed by atoms with Crippen LogP contribution in [-0.2, 0) is 34.3 Å². The van der Waals surface area contributed by atoms with Gasteiger partial charge in [-0.1, -0.05) is 47.5 Å². The van der Waals surface area contributed by atoms with Crippen molar-refractivity contribution in [1.29, 1.82) is 0 Å². The quantitative estimate of drug-likeness (QED) is 0.452. The lowest BCUT2D eigenvalue weighted by atomic mass is 9.86. The lowest BCUT2D eigenvalue weighted by Gasteiger charge is -2.42. The van der Waals surface area contributed by atoms with E-state index < -0.39 is 23.2 Å². The third kappa shape index (κ3) is 3.42. The summed E-state index contributed by atoms with van der Waals surface area (Å²) in [6.07, 6.45) is -4.46. The molecule has 176 valence electrons. The van der Waals surface area contributed by atoms with Crippen molar-refractivity contribution in [2.45, 2.75) is 38.7 Å². The molecule has 0 spiro atoms. The Morgan fingerprint density at radius 1 is 0.882 bits per heavy atom. The van der Waals surface area contributed by atoms with Crippen LogP contribution in [0, 0.1) is 13.8 Å². The fraction of sp³-hybridized carbons (Fsp3) is 0.296. The summed E-state index contributed by atoms with van der Waals surface area (Å²) >= 11 is 0. The van der Waals surface area contributed by atoms with Gasteiger partial charge in [-0.2, -0.15) is 13.2 Å². The molecule has 0 saturated carbocycles. The minimum atomic E-state index is -4.46. The second-order valence-electron chi connectivity index (χ2n) is 9.13. The van der Waals surface area contributed by atoms with Crippen molar-refractivity contribution in [1.82, 2.24) is 0 Å². The van der Waals surface area contributed by atoms with Crippen LogP contribution in [0.1, 0.15) is 33.4 Å². The number of fused-ring (bicyclic) bond motifs is 7. The number of hydrogen-bond donors (Lipinski definition) is 0. The lowest BCUT2D eigenvalue weighted by molar-refractivity contribution is -0.147. The molecule has 2 bridgehead atoms. The highest BCUT2D eigenvalue weighted by molar-refractivity contribution is 5.90. The summed E-state index contributed by atoms with van der Waals surface area (Å²) in [7, 11) is 1.33. The van der Waals surface area contributed by atoms with Crippen molar-refractivity contribution in [2.24, 2.45) is 0 Å². The van der Waals surface area contributed by atoms with E-state index in [4.69, 9.17) is 4.74 Å². The van der Waals surface area contributed by atoms with Crippen molar-refractivity contribution in [3.63, 3.8) is 0 Å². The molecule has 0 unspecified atom stereocenters. The van der Waals surface area contributed by atoms with Crippen LogP contribution in [0.5, 0.6) is 0 Å². The second-order valence-corrected chi connectivity index (χ2v) is 9.13. The van der Waals surface area contributed by atoms with E-state index in [1.165, 1.54) is 19.2 Å². The molecule has 2 aliphatic rings. The number of carbonyl (C=O) groups excluding carboxylic acids is 1. The zero-order valence-electron chi connectivity index (χ0n) is 19.2. The number of ether oxygens (including phenoxy) is 1. The molecule has 2 heterocycles. The number of halogens is 3. The molecule has 0 radical (unpaired) electrons. The van der Waals surface area contributed by atoms with Crippen LogP contribution >= 0.6 is 0 Å². The smallest absolute Gasteiger partial charge is 0.416 e. The minimum absolute atomic E-state index is 0.245. The van der Waals surface area contributed by atoms with Gasteiger partial charge in [-0.05, 0) is 54.8 Å². The summed E-state index contributed by atoms with van der Waals surface area (Å²) in [5.74, 6) is -0.504. The standard InChI is InChI=1S/C27H25F3N2O2/c1-17-4-10-23-20(13-17)15-32-24-11-5-18(2)12-19(24)14-31(23)16-26(32,25(33)34-3)21-6-8-22(9-7-21)27(28,29)30/h4-13H,14-16H2,1-3H3/t26-/m1/s1. The molecule has 7 heteroatoms. The first-order chi connectivity index (χ1) is 16.1. The number of anilines is 2. The van der Waals surface area contributed by atoms with Gasteiger partial charge < -0.3 is 14.5 Å². The highest BCUT2D eigenvalue weighted by Crippen LogP contribution is 2.47. The Balaban J connectivity index is 1.78. The van der Waals surface area contributed by atoms with E-state index >= 15 is 0 Å². The van der Waals surface area contributed by atoms with Gasteiger partial charge >= 0.3 is 12.1 Å². The number of methoxy groups -OCH3 is 1.